The van der Waals surface area contributed by atoms with Crippen molar-refractivity contribution in [1.29, 1.82) is 0 Å². The molecular weight excluding hydrogens is 170 g/mol. The first-order valence-electron chi connectivity index (χ1n) is 4.48. The van der Waals surface area contributed by atoms with Crippen molar-refractivity contribution < 1.29 is 0 Å². The Morgan fingerprint density at radius 3 is 3.08 bits per heavy atom. The van der Waals surface area contributed by atoms with Gasteiger partial charge in [-0.25, -0.2) is 4.98 Å². The van der Waals surface area contributed by atoms with Gasteiger partial charge in [-0.05, 0) is 42.9 Å². The molecule has 0 N–H and O–H groups in total. The Morgan fingerprint density at radius 2 is 2.33 bits per heavy atom. The summed E-state index contributed by atoms with van der Waals surface area (Å²) in [6.45, 7) is 2.14. The van der Waals surface area contributed by atoms with E-state index in [2.05, 4.69) is 11.9 Å². The van der Waals surface area contributed by atoms with Crippen LogP contribution in [0.15, 0.2) is 6.07 Å². The van der Waals surface area contributed by atoms with E-state index in [0.29, 0.717) is 5.15 Å². The number of hydrogen-bond donors (Lipinski definition) is 0. The van der Waals surface area contributed by atoms with Crippen molar-refractivity contribution in [3.05, 3.63) is 28.0 Å². The Hall–Kier alpha value is -0.560. The number of halogens is 1. The lowest BCUT2D eigenvalue weighted by Crippen LogP contribution is -1.96. The van der Waals surface area contributed by atoms with Gasteiger partial charge in [-0.2, -0.15) is 0 Å². The molecule has 2 rings (SSSR count). The minimum Gasteiger partial charge on any atom is -0.241 e. The Bertz CT molecular complexity index is 307. The highest BCUT2D eigenvalue weighted by Gasteiger charge is 2.15. The van der Waals surface area contributed by atoms with E-state index in [1.807, 2.05) is 6.07 Å². The van der Waals surface area contributed by atoms with E-state index in [4.69, 9.17) is 11.6 Å². The van der Waals surface area contributed by atoms with Crippen molar-refractivity contribution in [3.8, 4) is 0 Å². The second-order valence-electron chi connectivity index (χ2n) is 3.24. The average molecular weight is 182 g/mol. The number of rotatable bonds is 1. The molecule has 1 aromatic rings. The summed E-state index contributed by atoms with van der Waals surface area (Å²) < 4.78 is 0. The Balaban J connectivity index is 2.55. The van der Waals surface area contributed by atoms with E-state index in [-0.39, 0.29) is 0 Å². The van der Waals surface area contributed by atoms with Crippen LogP contribution in [0.2, 0.25) is 5.15 Å². The van der Waals surface area contributed by atoms with Crippen molar-refractivity contribution in [1.82, 2.24) is 4.98 Å². The summed E-state index contributed by atoms with van der Waals surface area (Å²) in [6.07, 6.45) is 4.65. The van der Waals surface area contributed by atoms with E-state index in [9.17, 15) is 0 Å². The van der Waals surface area contributed by atoms with Gasteiger partial charge in [0.05, 0.1) is 0 Å². The standard InChI is InChI=1S/C10H12ClN/c1-2-9-8-5-3-4-7(8)6-10(11)12-9/h6H,2-5H2,1H3. The van der Waals surface area contributed by atoms with Gasteiger partial charge in [-0.1, -0.05) is 18.5 Å². The summed E-state index contributed by atoms with van der Waals surface area (Å²) in [6, 6.07) is 2.02. The van der Waals surface area contributed by atoms with E-state index in [0.717, 1.165) is 6.42 Å². The zero-order valence-corrected chi connectivity index (χ0v) is 7.99. The largest absolute Gasteiger partial charge is 0.241 e. The SMILES string of the molecule is CCc1nc(Cl)cc2c1CCC2. The van der Waals surface area contributed by atoms with Crippen LogP contribution in [0.4, 0.5) is 0 Å². The van der Waals surface area contributed by atoms with Crippen molar-refractivity contribution in [3.63, 3.8) is 0 Å². The molecule has 0 saturated heterocycles. The molecule has 0 fully saturated rings. The fourth-order valence-corrected chi connectivity index (χ4v) is 2.15. The minimum atomic E-state index is 0.660. The maximum Gasteiger partial charge on any atom is 0.129 e. The number of aromatic nitrogens is 1. The third-order valence-corrected chi connectivity index (χ3v) is 2.67. The summed E-state index contributed by atoms with van der Waals surface area (Å²) in [5, 5.41) is 0.660. The first-order valence-corrected chi connectivity index (χ1v) is 4.86. The molecular formula is C10H12ClN. The molecule has 1 aliphatic rings. The molecule has 1 heterocycles. The summed E-state index contributed by atoms with van der Waals surface area (Å²) in [7, 11) is 0. The number of hydrogen-bond acceptors (Lipinski definition) is 1. The lowest BCUT2D eigenvalue weighted by molar-refractivity contribution is 0.898. The smallest absolute Gasteiger partial charge is 0.129 e. The first kappa shape index (κ1) is 8.06. The highest BCUT2D eigenvalue weighted by atomic mass is 35.5. The third-order valence-electron chi connectivity index (χ3n) is 2.48. The molecule has 12 heavy (non-hydrogen) atoms. The summed E-state index contributed by atoms with van der Waals surface area (Å²) in [5.74, 6) is 0. The number of fused-ring (bicyclic) bond motifs is 1. The van der Waals surface area contributed by atoms with Crippen molar-refractivity contribution in [2.24, 2.45) is 0 Å². The Morgan fingerprint density at radius 1 is 1.50 bits per heavy atom. The average Bonchev–Trinajstić information content (AvgIpc) is 2.50. The van der Waals surface area contributed by atoms with Crippen LogP contribution in [0.1, 0.15) is 30.2 Å². The monoisotopic (exact) mass is 181 g/mol. The molecule has 0 aromatic carbocycles. The topological polar surface area (TPSA) is 12.9 Å². The fourth-order valence-electron chi connectivity index (χ4n) is 1.92. The van der Waals surface area contributed by atoms with Gasteiger partial charge in [0.2, 0.25) is 0 Å². The Labute approximate surface area is 77.8 Å². The summed E-state index contributed by atoms with van der Waals surface area (Å²) >= 11 is 5.90. The zero-order chi connectivity index (χ0) is 8.55. The molecule has 0 saturated carbocycles. The lowest BCUT2D eigenvalue weighted by atomic mass is 10.1. The summed E-state index contributed by atoms with van der Waals surface area (Å²) in [4.78, 5) is 4.33. The zero-order valence-electron chi connectivity index (χ0n) is 7.23. The maximum absolute atomic E-state index is 5.90. The van der Waals surface area contributed by atoms with Crippen LogP contribution in [-0.4, -0.2) is 4.98 Å². The maximum atomic E-state index is 5.90. The number of pyridine rings is 1. The van der Waals surface area contributed by atoms with Crippen molar-refractivity contribution in [2.75, 3.05) is 0 Å². The fraction of sp³-hybridized carbons (Fsp3) is 0.500. The van der Waals surface area contributed by atoms with Crippen molar-refractivity contribution in [2.45, 2.75) is 32.6 Å². The molecule has 0 spiro atoms. The van der Waals surface area contributed by atoms with Gasteiger partial charge in [0.15, 0.2) is 0 Å². The molecule has 0 atom stereocenters. The molecule has 0 aliphatic heterocycles. The van der Waals surface area contributed by atoms with Gasteiger partial charge in [-0.3, -0.25) is 0 Å². The van der Waals surface area contributed by atoms with E-state index in [1.54, 1.807) is 0 Å². The van der Waals surface area contributed by atoms with Gasteiger partial charge in [0, 0.05) is 5.69 Å². The van der Waals surface area contributed by atoms with Gasteiger partial charge < -0.3 is 0 Å². The van der Waals surface area contributed by atoms with Crippen LogP contribution in [-0.2, 0) is 19.3 Å². The van der Waals surface area contributed by atoms with Crippen LogP contribution in [0.25, 0.3) is 0 Å². The van der Waals surface area contributed by atoms with E-state index in [1.165, 1.54) is 36.1 Å². The lowest BCUT2D eigenvalue weighted by Gasteiger charge is -2.05. The predicted molar refractivity (Wildman–Crippen MR) is 50.7 cm³/mol. The predicted octanol–water partition coefficient (Wildman–Crippen LogP) is 2.79. The normalized spacial score (nSPS) is 14.8. The second-order valence-corrected chi connectivity index (χ2v) is 3.62. The second kappa shape index (κ2) is 3.06. The molecule has 1 aromatic heterocycles. The van der Waals surface area contributed by atoms with Crippen LogP contribution < -0.4 is 0 Å². The van der Waals surface area contributed by atoms with Gasteiger partial charge >= 0.3 is 0 Å². The van der Waals surface area contributed by atoms with Crippen molar-refractivity contribution >= 4 is 11.6 Å². The first-order chi connectivity index (χ1) is 5.81. The van der Waals surface area contributed by atoms with Gasteiger partial charge in [0.1, 0.15) is 5.15 Å². The molecule has 0 bridgehead atoms. The number of aryl methyl sites for hydroxylation is 2. The summed E-state index contributed by atoms with van der Waals surface area (Å²) in [5.41, 5.74) is 4.09. The molecule has 64 valence electrons. The van der Waals surface area contributed by atoms with E-state index >= 15 is 0 Å². The molecule has 0 unspecified atom stereocenters. The van der Waals surface area contributed by atoms with Gasteiger partial charge in [0.25, 0.3) is 0 Å². The van der Waals surface area contributed by atoms with Crippen LogP contribution >= 0.6 is 11.6 Å². The molecule has 1 nitrogen and oxygen atoms in total. The minimum absolute atomic E-state index is 0.660. The molecule has 2 heteroatoms. The molecule has 1 aliphatic carbocycles. The van der Waals surface area contributed by atoms with Crippen LogP contribution in [0.5, 0.6) is 0 Å². The van der Waals surface area contributed by atoms with Crippen LogP contribution in [0, 0.1) is 0 Å². The van der Waals surface area contributed by atoms with Gasteiger partial charge in [-0.15, -0.1) is 0 Å². The molecule has 0 radical (unpaired) electrons. The molecule has 0 amide bonds. The van der Waals surface area contributed by atoms with E-state index < -0.39 is 0 Å². The highest BCUT2D eigenvalue weighted by molar-refractivity contribution is 6.29. The quantitative estimate of drug-likeness (QED) is 0.608. The Kier molecular flexibility index (Phi) is 2.05. The number of nitrogens with zero attached hydrogens (tertiary/aromatic N) is 1. The third kappa shape index (κ3) is 1.22. The van der Waals surface area contributed by atoms with Crippen LogP contribution in [0.3, 0.4) is 0 Å². The highest BCUT2D eigenvalue weighted by Crippen LogP contribution is 2.26.